The molecule has 0 N–H and O–H groups in total. The molecule has 130 valence electrons. The van der Waals surface area contributed by atoms with Crippen molar-refractivity contribution in [1.29, 1.82) is 0 Å². The Labute approximate surface area is 155 Å². The van der Waals surface area contributed by atoms with E-state index in [-0.39, 0.29) is 0 Å². The van der Waals surface area contributed by atoms with E-state index in [9.17, 15) is 8.78 Å². The fraction of sp³-hybridized carbons (Fsp3) is 0.0435. The molecule has 0 spiro atoms. The van der Waals surface area contributed by atoms with Crippen LogP contribution < -0.4 is 0 Å². The van der Waals surface area contributed by atoms with Crippen molar-refractivity contribution in [3.63, 3.8) is 0 Å². The lowest BCUT2D eigenvalue weighted by Gasteiger charge is -2.01. The third-order valence-electron chi connectivity index (χ3n) is 4.12. The largest absolute Gasteiger partial charge is 0.280 e. The van der Waals surface area contributed by atoms with Gasteiger partial charge in [-0.2, -0.15) is 0 Å². The zero-order valence-electron chi connectivity index (χ0n) is 14.3. The van der Waals surface area contributed by atoms with Gasteiger partial charge in [0.15, 0.2) is 0 Å². The standard InChI is InChI=1S/C23H14F2N2/c24-19-11-17(12-20(25)14-19)5-4-16-6-7-18-15-27-23(22(18)13-16)9-8-21-3-1-2-10-26-21/h1-3,6-14H,15H2/b9-8+. The monoisotopic (exact) mass is 356 g/mol. The Bertz CT molecular complexity index is 1100. The van der Waals surface area contributed by atoms with E-state index < -0.39 is 11.6 Å². The molecule has 0 atom stereocenters. The highest BCUT2D eigenvalue weighted by atomic mass is 19.1. The van der Waals surface area contributed by atoms with E-state index in [4.69, 9.17) is 0 Å². The summed E-state index contributed by atoms with van der Waals surface area (Å²) in [5.41, 5.74) is 4.93. The molecular formula is C23H14F2N2. The van der Waals surface area contributed by atoms with Crippen molar-refractivity contribution in [2.24, 2.45) is 4.99 Å². The highest BCUT2D eigenvalue weighted by Gasteiger charge is 2.13. The molecule has 0 fully saturated rings. The summed E-state index contributed by atoms with van der Waals surface area (Å²) in [6.07, 6.45) is 5.60. The van der Waals surface area contributed by atoms with Crippen molar-refractivity contribution in [2.45, 2.75) is 6.54 Å². The van der Waals surface area contributed by atoms with Gasteiger partial charge in [0.05, 0.1) is 18.0 Å². The van der Waals surface area contributed by atoms with E-state index >= 15 is 0 Å². The number of halogens is 2. The van der Waals surface area contributed by atoms with Crippen LogP contribution in [0, 0.1) is 23.5 Å². The van der Waals surface area contributed by atoms with E-state index in [1.165, 1.54) is 12.1 Å². The second kappa shape index (κ2) is 7.35. The number of hydrogen-bond donors (Lipinski definition) is 0. The van der Waals surface area contributed by atoms with Crippen LogP contribution >= 0.6 is 0 Å². The number of benzene rings is 2. The molecule has 0 unspecified atom stereocenters. The minimum absolute atomic E-state index is 0.303. The number of aromatic nitrogens is 1. The molecule has 0 bridgehead atoms. The SMILES string of the molecule is Fc1cc(F)cc(C#Cc2ccc3c(c2)C(/C=C/c2ccccn2)=NC3)c1. The second-order valence-corrected chi connectivity index (χ2v) is 6.07. The molecular weight excluding hydrogens is 342 g/mol. The number of hydrogen-bond acceptors (Lipinski definition) is 2. The Morgan fingerprint density at radius 1 is 0.852 bits per heavy atom. The van der Waals surface area contributed by atoms with Gasteiger partial charge in [-0.15, -0.1) is 0 Å². The zero-order valence-corrected chi connectivity index (χ0v) is 14.3. The predicted molar refractivity (Wildman–Crippen MR) is 102 cm³/mol. The van der Waals surface area contributed by atoms with Gasteiger partial charge in [0.1, 0.15) is 11.6 Å². The molecule has 2 heterocycles. The molecule has 4 heteroatoms. The molecule has 1 aliphatic rings. The highest BCUT2D eigenvalue weighted by molar-refractivity contribution is 6.13. The number of pyridine rings is 1. The van der Waals surface area contributed by atoms with E-state index in [2.05, 4.69) is 21.8 Å². The molecule has 27 heavy (non-hydrogen) atoms. The first kappa shape index (κ1) is 16.9. The fourth-order valence-electron chi connectivity index (χ4n) is 2.84. The first-order valence-electron chi connectivity index (χ1n) is 8.42. The molecule has 3 aromatic rings. The Hall–Kier alpha value is -3.58. The van der Waals surface area contributed by atoms with Crippen molar-refractivity contribution in [3.05, 3.63) is 106 Å². The van der Waals surface area contributed by atoms with Gasteiger partial charge in [-0.25, -0.2) is 8.78 Å². The van der Waals surface area contributed by atoms with Crippen LogP contribution in [0.1, 0.15) is 27.9 Å². The zero-order chi connectivity index (χ0) is 18.6. The van der Waals surface area contributed by atoms with Gasteiger partial charge in [0, 0.05) is 29.0 Å². The third kappa shape index (κ3) is 3.99. The van der Waals surface area contributed by atoms with Gasteiger partial charge >= 0.3 is 0 Å². The Morgan fingerprint density at radius 3 is 2.44 bits per heavy atom. The lowest BCUT2D eigenvalue weighted by Crippen LogP contribution is -1.95. The Morgan fingerprint density at radius 2 is 1.67 bits per heavy atom. The van der Waals surface area contributed by atoms with Crippen LogP contribution in [-0.2, 0) is 6.54 Å². The van der Waals surface area contributed by atoms with Crippen LogP contribution in [0.15, 0.2) is 71.9 Å². The molecule has 2 aromatic carbocycles. The van der Waals surface area contributed by atoms with Gasteiger partial charge < -0.3 is 0 Å². The topological polar surface area (TPSA) is 25.2 Å². The van der Waals surface area contributed by atoms with E-state index in [1.807, 2.05) is 48.6 Å². The minimum atomic E-state index is -0.637. The van der Waals surface area contributed by atoms with Crippen LogP contribution in [0.3, 0.4) is 0 Å². The maximum absolute atomic E-state index is 13.3. The Balaban J connectivity index is 1.60. The Kier molecular flexibility index (Phi) is 4.59. The molecule has 0 aliphatic carbocycles. The normalized spacial score (nSPS) is 12.4. The van der Waals surface area contributed by atoms with Crippen LogP contribution in [0.4, 0.5) is 8.78 Å². The second-order valence-electron chi connectivity index (χ2n) is 6.07. The quantitative estimate of drug-likeness (QED) is 0.607. The number of fused-ring (bicyclic) bond motifs is 1. The highest BCUT2D eigenvalue weighted by Crippen LogP contribution is 2.21. The van der Waals surface area contributed by atoms with Crippen LogP contribution in [0.5, 0.6) is 0 Å². The molecule has 0 saturated heterocycles. The van der Waals surface area contributed by atoms with Crippen molar-refractivity contribution in [3.8, 4) is 11.8 Å². The lowest BCUT2D eigenvalue weighted by atomic mass is 10.0. The lowest BCUT2D eigenvalue weighted by molar-refractivity contribution is 0.582. The van der Waals surface area contributed by atoms with Gasteiger partial charge in [0.2, 0.25) is 0 Å². The fourth-order valence-corrected chi connectivity index (χ4v) is 2.84. The maximum atomic E-state index is 13.3. The molecule has 4 rings (SSSR count). The third-order valence-corrected chi connectivity index (χ3v) is 4.12. The van der Waals surface area contributed by atoms with Crippen molar-refractivity contribution in [1.82, 2.24) is 4.98 Å². The smallest absolute Gasteiger partial charge is 0.127 e. The number of allylic oxidation sites excluding steroid dienone is 1. The van der Waals surface area contributed by atoms with Crippen molar-refractivity contribution >= 4 is 11.8 Å². The summed E-state index contributed by atoms with van der Waals surface area (Å²) >= 11 is 0. The van der Waals surface area contributed by atoms with Gasteiger partial charge in [-0.05, 0) is 54.1 Å². The van der Waals surface area contributed by atoms with Crippen LogP contribution in [0.25, 0.3) is 6.08 Å². The summed E-state index contributed by atoms with van der Waals surface area (Å²) < 4.78 is 26.5. The van der Waals surface area contributed by atoms with Crippen LogP contribution in [0.2, 0.25) is 0 Å². The molecule has 0 radical (unpaired) electrons. The average molecular weight is 356 g/mol. The maximum Gasteiger partial charge on any atom is 0.127 e. The number of aliphatic imine (C=N–C) groups is 1. The summed E-state index contributed by atoms with van der Waals surface area (Å²) in [6, 6.07) is 14.8. The molecule has 0 amide bonds. The first-order chi connectivity index (χ1) is 13.2. The summed E-state index contributed by atoms with van der Waals surface area (Å²) in [5.74, 6) is 4.50. The summed E-state index contributed by atoms with van der Waals surface area (Å²) in [6.45, 7) is 0.625. The molecule has 1 aromatic heterocycles. The molecule has 0 saturated carbocycles. The summed E-state index contributed by atoms with van der Waals surface area (Å²) in [7, 11) is 0. The van der Waals surface area contributed by atoms with E-state index in [0.29, 0.717) is 12.1 Å². The molecule has 2 nitrogen and oxygen atoms in total. The average Bonchev–Trinajstić information content (AvgIpc) is 3.07. The van der Waals surface area contributed by atoms with Crippen molar-refractivity contribution in [2.75, 3.05) is 0 Å². The first-order valence-corrected chi connectivity index (χ1v) is 8.42. The summed E-state index contributed by atoms with van der Waals surface area (Å²) in [5, 5.41) is 0. The van der Waals surface area contributed by atoms with E-state index in [1.54, 1.807) is 6.20 Å². The van der Waals surface area contributed by atoms with Crippen LogP contribution in [-0.4, -0.2) is 10.7 Å². The molecule has 1 aliphatic heterocycles. The van der Waals surface area contributed by atoms with Gasteiger partial charge in [-0.1, -0.05) is 24.0 Å². The van der Waals surface area contributed by atoms with Gasteiger partial charge in [0.25, 0.3) is 0 Å². The van der Waals surface area contributed by atoms with Gasteiger partial charge in [-0.3, -0.25) is 9.98 Å². The summed E-state index contributed by atoms with van der Waals surface area (Å²) in [4.78, 5) is 8.82. The van der Waals surface area contributed by atoms with E-state index in [0.717, 1.165) is 34.2 Å². The minimum Gasteiger partial charge on any atom is -0.280 e. The number of nitrogens with zero attached hydrogens (tertiary/aromatic N) is 2. The predicted octanol–water partition coefficient (Wildman–Crippen LogP) is 4.78. The van der Waals surface area contributed by atoms with Crippen molar-refractivity contribution < 1.29 is 8.78 Å². The number of rotatable bonds is 2.